The Hall–Kier alpha value is -0.510. The molecule has 0 aliphatic heterocycles. The first kappa shape index (κ1) is 27.5. The van der Waals surface area contributed by atoms with Gasteiger partial charge >= 0.3 is 10.1 Å². The van der Waals surface area contributed by atoms with Crippen LogP contribution in [-0.2, 0) is 28.6 Å². The maximum absolute atomic E-state index is 11.3. The van der Waals surface area contributed by atoms with Gasteiger partial charge in [-0.3, -0.25) is 0 Å². The maximum atomic E-state index is 11.3. The van der Waals surface area contributed by atoms with Crippen LogP contribution in [0.4, 0.5) is 0 Å². The van der Waals surface area contributed by atoms with Crippen LogP contribution in [0.3, 0.4) is 0 Å². The normalized spacial score (nSPS) is 12.9. The molecule has 28 heavy (non-hydrogen) atoms. The van der Waals surface area contributed by atoms with Crippen molar-refractivity contribution in [2.24, 2.45) is 5.90 Å². The smallest absolute Gasteiger partial charge is 0.307 e. The third-order valence-electron chi connectivity index (χ3n) is 4.33. The summed E-state index contributed by atoms with van der Waals surface area (Å²) < 4.78 is 42.6. The number of hydrogen-bond donors (Lipinski definition) is 1. The number of rotatable bonds is 22. The van der Waals surface area contributed by atoms with Crippen molar-refractivity contribution in [1.82, 2.24) is 0 Å². The van der Waals surface area contributed by atoms with Crippen molar-refractivity contribution in [2.45, 2.75) is 83.7 Å². The molecule has 8 heteroatoms. The molecule has 168 valence electrons. The van der Waals surface area contributed by atoms with E-state index in [1.807, 2.05) is 0 Å². The topological polar surface area (TPSA) is 97.1 Å². The van der Waals surface area contributed by atoms with Crippen molar-refractivity contribution in [3.8, 4) is 0 Å². The maximum Gasteiger partial charge on any atom is 0.307 e. The Morgan fingerprint density at radius 2 is 1.43 bits per heavy atom. The van der Waals surface area contributed by atoms with Crippen molar-refractivity contribution < 1.29 is 26.9 Å². The van der Waals surface area contributed by atoms with Gasteiger partial charge in [-0.05, 0) is 6.42 Å². The van der Waals surface area contributed by atoms with Crippen LogP contribution in [0.1, 0.15) is 77.6 Å². The summed E-state index contributed by atoms with van der Waals surface area (Å²) in [5.74, 6) is 4.06. The van der Waals surface area contributed by atoms with Crippen LogP contribution in [-0.4, -0.2) is 46.9 Å². The van der Waals surface area contributed by atoms with Crippen LogP contribution >= 0.6 is 0 Å². The van der Waals surface area contributed by atoms with Crippen molar-refractivity contribution in [1.29, 1.82) is 0 Å². The Labute approximate surface area is 172 Å². The Kier molecular flexibility index (Phi) is 19.4. The van der Waals surface area contributed by atoms with Gasteiger partial charge in [-0.1, -0.05) is 77.2 Å². The molecule has 7 nitrogen and oxygen atoms in total. The first-order valence-corrected chi connectivity index (χ1v) is 12.1. The molecule has 0 spiro atoms. The fourth-order valence-corrected chi connectivity index (χ4v) is 3.13. The van der Waals surface area contributed by atoms with E-state index in [4.69, 9.17) is 20.1 Å². The molecule has 0 amide bonds. The molecule has 0 aromatic rings. The zero-order valence-corrected chi connectivity index (χ0v) is 18.4. The van der Waals surface area contributed by atoms with Crippen molar-refractivity contribution >= 4 is 10.1 Å². The molecular formula is C20H41NO6S. The molecule has 2 N–H and O–H groups in total. The Bertz CT molecular complexity index is 444. The van der Waals surface area contributed by atoms with E-state index < -0.39 is 22.2 Å². The van der Waals surface area contributed by atoms with Gasteiger partial charge in [0.1, 0.15) is 6.10 Å². The predicted octanol–water partition coefficient (Wildman–Crippen LogP) is 4.08. The lowest BCUT2D eigenvalue weighted by atomic mass is 10.1. The summed E-state index contributed by atoms with van der Waals surface area (Å²) in [5, 5.41) is 0. The standard InChI is InChI=1S/C20H41NO6S/c1-3-5-6-7-8-9-10-11-12-13-14-16-25-18-20(17-24-15-4-2)26-19-28(22,23)27-21/h4,20H,2-3,5-19,21H2,1H3. The molecule has 0 heterocycles. The van der Waals surface area contributed by atoms with E-state index in [0.717, 1.165) is 12.8 Å². The summed E-state index contributed by atoms with van der Waals surface area (Å²) in [7, 11) is -3.88. The highest BCUT2D eigenvalue weighted by Crippen LogP contribution is 2.11. The molecule has 0 fully saturated rings. The largest absolute Gasteiger partial charge is 0.379 e. The monoisotopic (exact) mass is 423 g/mol. The highest BCUT2D eigenvalue weighted by molar-refractivity contribution is 7.86. The van der Waals surface area contributed by atoms with Crippen LogP contribution in [0, 0.1) is 0 Å². The van der Waals surface area contributed by atoms with Crippen LogP contribution in [0.25, 0.3) is 0 Å². The molecule has 0 saturated carbocycles. The van der Waals surface area contributed by atoms with Crippen LogP contribution < -0.4 is 5.90 Å². The van der Waals surface area contributed by atoms with Crippen molar-refractivity contribution in [2.75, 3.05) is 32.4 Å². The number of nitrogens with two attached hydrogens (primary N) is 1. The highest BCUT2D eigenvalue weighted by Gasteiger charge is 2.16. The SMILES string of the molecule is C=CCOCC(COCCCCCCCCCCCCC)OCS(=O)(=O)ON. The minimum atomic E-state index is -3.88. The van der Waals surface area contributed by atoms with Gasteiger partial charge < -0.3 is 14.2 Å². The zero-order valence-electron chi connectivity index (χ0n) is 17.6. The Morgan fingerprint density at radius 1 is 0.893 bits per heavy atom. The average Bonchev–Trinajstić information content (AvgIpc) is 2.69. The molecule has 1 atom stereocenters. The van der Waals surface area contributed by atoms with Gasteiger partial charge in [-0.25, -0.2) is 0 Å². The summed E-state index contributed by atoms with van der Waals surface area (Å²) in [6, 6.07) is 0. The van der Waals surface area contributed by atoms with E-state index in [1.165, 1.54) is 57.8 Å². The predicted molar refractivity (Wildman–Crippen MR) is 112 cm³/mol. The fraction of sp³-hybridized carbons (Fsp3) is 0.900. The lowest BCUT2D eigenvalue weighted by Crippen LogP contribution is -2.29. The van der Waals surface area contributed by atoms with Gasteiger partial charge in [0.05, 0.1) is 19.8 Å². The van der Waals surface area contributed by atoms with Crippen LogP contribution in [0.5, 0.6) is 0 Å². The lowest BCUT2D eigenvalue weighted by molar-refractivity contribution is -0.0443. The summed E-state index contributed by atoms with van der Waals surface area (Å²) in [6.07, 6.45) is 15.2. The Balaban J connectivity index is 3.67. The molecule has 0 aliphatic rings. The van der Waals surface area contributed by atoms with Gasteiger partial charge in [0.25, 0.3) is 0 Å². The van der Waals surface area contributed by atoms with E-state index in [2.05, 4.69) is 17.8 Å². The Morgan fingerprint density at radius 3 is 1.96 bits per heavy atom. The molecule has 0 aromatic heterocycles. The first-order valence-electron chi connectivity index (χ1n) is 10.5. The first-order chi connectivity index (χ1) is 13.6. The molecule has 0 saturated heterocycles. The van der Waals surface area contributed by atoms with Gasteiger partial charge in [0, 0.05) is 6.61 Å². The molecule has 0 rings (SSSR count). The van der Waals surface area contributed by atoms with Crippen LogP contribution in [0.2, 0.25) is 0 Å². The quantitative estimate of drug-likeness (QED) is 0.159. The van der Waals surface area contributed by atoms with E-state index in [-0.39, 0.29) is 13.2 Å². The minimum Gasteiger partial charge on any atom is -0.379 e. The second-order valence-electron chi connectivity index (χ2n) is 7.00. The molecule has 0 aromatic carbocycles. The van der Waals surface area contributed by atoms with Crippen molar-refractivity contribution in [3.63, 3.8) is 0 Å². The lowest BCUT2D eigenvalue weighted by Gasteiger charge is -2.17. The van der Waals surface area contributed by atoms with Crippen molar-refractivity contribution in [3.05, 3.63) is 12.7 Å². The second kappa shape index (κ2) is 19.8. The number of hydrogen-bond acceptors (Lipinski definition) is 7. The average molecular weight is 424 g/mol. The summed E-state index contributed by atoms with van der Waals surface area (Å²) in [6.45, 7) is 7.27. The third-order valence-corrected chi connectivity index (χ3v) is 5.05. The zero-order chi connectivity index (χ0) is 20.9. The van der Waals surface area contributed by atoms with E-state index >= 15 is 0 Å². The molecule has 0 radical (unpaired) electrons. The second-order valence-corrected chi connectivity index (χ2v) is 8.54. The molecule has 0 aliphatic carbocycles. The molecule has 0 bridgehead atoms. The summed E-state index contributed by atoms with van der Waals surface area (Å²) in [5.41, 5.74) is 0. The van der Waals surface area contributed by atoms with Crippen LogP contribution in [0.15, 0.2) is 12.7 Å². The number of unbranched alkanes of at least 4 members (excludes halogenated alkanes) is 10. The van der Waals surface area contributed by atoms with E-state index in [9.17, 15) is 8.42 Å². The third kappa shape index (κ3) is 18.8. The van der Waals surface area contributed by atoms with Gasteiger partial charge in [-0.2, -0.15) is 18.6 Å². The van der Waals surface area contributed by atoms with Gasteiger partial charge in [-0.15, -0.1) is 6.58 Å². The number of ether oxygens (including phenoxy) is 3. The van der Waals surface area contributed by atoms with E-state index in [0.29, 0.717) is 13.2 Å². The fourth-order valence-electron chi connectivity index (χ4n) is 2.72. The van der Waals surface area contributed by atoms with Gasteiger partial charge in [0.15, 0.2) is 5.94 Å². The minimum absolute atomic E-state index is 0.213. The summed E-state index contributed by atoms with van der Waals surface area (Å²) >= 11 is 0. The molecule has 1 unspecified atom stereocenters. The van der Waals surface area contributed by atoms with Gasteiger partial charge in [0.2, 0.25) is 0 Å². The summed E-state index contributed by atoms with van der Waals surface area (Å²) in [4.78, 5) is 0. The highest BCUT2D eigenvalue weighted by atomic mass is 32.2. The molecular weight excluding hydrogens is 382 g/mol. The van der Waals surface area contributed by atoms with E-state index in [1.54, 1.807) is 6.08 Å².